The fourth-order valence-electron chi connectivity index (χ4n) is 1.92. The third-order valence-corrected chi connectivity index (χ3v) is 3.23. The molecule has 0 saturated heterocycles. The molecule has 1 aromatic carbocycles. The van der Waals surface area contributed by atoms with E-state index in [2.05, 4.69) is 15.8 Å². The van der Waals surface area contributed by atoms with Crippen LogP contribution in [0, 0.1) is 0 Å². The van der Waals surface area contributed by atoms with Gasteiger partial charge < -0.3 is 9.47 Å². The molecular weight excluding hydrogens is 334 g/mol. The Balaban J connectivity index is 2.09. The summed E-state index contributed by atoms with van der Waals surface area (Å²) < 4.78 is 10.4. The van der Waals surface area contributed by atoms with E-state index in [-0.39, 0.29) is 17.0 Å². The molecule has 0 unspecified atom stereocenters. The number of aromatic nitrogens is 1. The van der Waals surface area contributed by atoms with Crippen LogP contribution >= 0.6 is 11.6 Å². The summed E-state index contributed by atoms with van der Waals surface area (Å²) >= 11 is 5.88. The molecule has 2 amide bonds. The maximum atomic E-state index is 12.2. The van der Waals surface area contributed by atoms with Crippen LogP contribution in [-0.4, -0.2) is 30.5 Å². The lowest BCUT2D eigenvalue weighted by atomic mass is 10.2. The smallest absolute Gasteiger partial charge is 0.275 e. The van der Waals surface area contributed by atoms with Crippen molar-refractivity contribution < 1.29 is 19.1 Å². The predicted molar refractivity (Wildman–Crippen MR) is 88.3 cm³/mol. The van der Waals surface area contributed by atoms with Crippen LogP contribution in [0.3, 0.4) is 0 Å². The summed E-state index contributed by atoms with van der Waals surface area (Å²) in [6.45, 7) is 2.15. The minimum absolute atomic E-state index is 0.187. The van der Waals surface area contributed by atoms with Gasteiger partial charge in [-0.15, -0.1) is 0 Å². The Kier molecular flexibility index (Phi) is 5.97. The number of amides is 2. The number of rotatable bonds is 5. The second-order valence-corrected chi connectivity index (χ2v) is 4.98. The molecule has 0 fully saturated rings. The van der Waals surface area contributed by atoms with Gasteiger partial charge in [-0.05, 0) is 37.3 Å². The molecule has 0 radical (unpaired) electrons. The molecule has 2 aromatic rings. The zero-order valence-electron chi connectivity index (χ0n) is 13.1. The maximum Gasteiger partial charge on any atom is 0.275 e. The van der Waals surface area contributed by atoms with Crippen molar-refractivity contribution in [2.45, 2.75) is 6.92 Å². The lowest BCUT2D eigenvalue weighted by Gasteiger charge is -2.12. The molecule has 0 aliphatic carbocycles. The zero-order valence-corrected chi connectivity index (χ0v) is 13.9. The summed E-state index contributed by atoms with van der Waals surface area (Å²) in [6, 6.07) is 7.74. The molecule has 1 heterocycles. The highest BCUT2D eigenvalue weighted by molar-refractivity contribution is 6.31. The Morgan fingerprint density at radius 3 is 2.54 bits per heavy atom. The van der Waals surface area contributed by atoms with Gasteiger partial charge in [0.25, 0.3) is 11.8 Å². The number of pyridine rings is 1. The highest BCUT2D eigenvalue weighted by atomic mass is 35.5. The molecule has 0 saturated carbocycles. The van der Waals surface area contributed by atoms with E-state index < -0.39 is 11.8 Å². The number of ether oxygens (including phenoxy) is 2. The number of benzene rings is 1. The third-order valence-electron chi connectivity index (χ3n) is 2.99. The first-order chi connectivity index (χ1) is 11.6. The summed E-state index contributed by atoms with van der Waals surface area (Å²) in [6.07, 6.45) is 1.51. The summed E-state index contributed by atoms with van der Waals surface area (Å²) in [5, 5.41) is 0.373. The van der Waals surface area contributed by atoms with Crippen molar-refractivity contribution in [3.8, 4) is 11.6 Å². The number of carbonyl (C=O) groups excluding carboxylic acids is 2. The lowest BCUT2D eigenvalue weighted by molar-refractivity contribution is 0.0842. The molecule has 2 N–H and O–H groups in total. The van der Waals surface area contributed by atoms with E-state index in [4.69, 9.17) is 21.1 Å². The number of hydrogen-bond donors (Lipinski definition) is 2. The van der Waals surface area contributed by atoms with Gasteiger partial charge in [0.15, 0.2) is 0 Å². The SMILES string of the molecule is CCOc1ncccc1C(=O)NNC(=O)c1cc(Cl)ccc1OC. The fraction of sp³-hybridized carbons (Fsp3) is 0.188. The number of nitrogens with one attached hydrogen (secondary N) is 2. The molecule has 1 aromatic heterocycles. The van der Waals surface area contributed by atoms with E-state index in [1.807, 2.05) is 0 Å². The quantitative estimate of drug-likeness (QED) is 0.808. The lowest BCUT2D eigenvalue weighted by Crippen LogP contribution is -2.42. The van der Waals surface area contributed by atoms with Crippen molar-refractivity contribution in [3.05, 3.63) is 52.7 Å². The number of halogens is 1. The van der Waals surface area contributed by atoms with Crippen molar-refractivity contribution in [2.75, 3.05) is 13.7 Å². The van der Waals surface area contributed by atoms with Gasteiger partial charge in [-0.2, -0.15) is 0 Å². The van der Waals surface area contributed by atoms with Gasteiger partial charge in [0.1, 0.15) is 11.3 Å². The molecule has 0 atom stereocenters. The minimum Gasteiger partial charge on any atom is -0.496 e. The normalized spacial score (nSPS) is 9.96. The van der Waals surface area contributed by atoms with Crippen LogP contribution in [0.15, 0.2) is 36.5 Å². The van der Waals surface area contributed by atoms with Crippen molar-refractivity contribution in [1.29, 1.82) is 0 Å². The largest absolute Gasteiger partial charge is 0.496 e. The van der Waals surface area contributed by atoms with Gasteiger partial charge in [0.05, 0.1) is 19.3 Å². The average Bonchev–Trinajstić information content (AvgIpc) is 2.60. The maximum absolute atomic E-state index is 12.2. The Bertz CT molecular complexity index is 752. The molecule has 0 spiro atoms. The van der Waals surface area contributed by atoms with Crippen LogP contribution in [0.25, 0.3) is 0 Å². The first-order valence-corrected chi connectivity index (χ1v) is 7.46. The summed E-state index contributed by atoms with van der Waals surface area (Å²) in [5.74, 6) is -0.597. The number of hydrogen-bond acceptors (Lipinski definition) is 5. The highest BCUT2D eigenvalue weighted by Gasteiger charge is 2.17. The summed E-state index contributed by atoms with van der Waals surface area (Å²) in [5.41, 5.74) is 5.02. The van der Waals surface area contributed by atoms with E-state index in [1.54, 1.807) is 31.2 Å². The zero-order chi connectivity index (χ0) is 17.5. The molecule has 24 heavy (non-hydrogen) atoms. The van der Waals surface area contributed by atoms with Gasteiger partial charge in [0, 0.05) is 11.2 Å². The number of methoxy groups -OCH3 is 1. The summed E-state index contributed by atoms with van der Waals surface area (Å²) in [7, 11) is 1.43. The van der Waals surface area contributed by atoms with Crippen LogP contribution < -0.4 is 20.3 Å². The van der Waals surface area contributed by atoms with Gasteiger partial charge in [-0.25, -0.2) is 4.98 Å². The molecule has 7 nitrogen and oxygen atoms in total. The van der Waals surface area contributed by atoms with E-state index in [0.717, 1.165) is 0 Å². The number of carbonyl (C=O) groups is 2. The molecule has 0 aliphatic rings. The van der Waals surface area contributed by atoms with Gasteiger partial charge in [-0.3, -0.25) is 20.4 Å². The van der Waals surface area contributed by atoms with Crippen LogP contribution in [0.5, 0.6) is 11.6 Å². The molecule has 2 rings (SSSR count). The third kappa shape index (κ3) is 4.14. The van der Waals surface area contributed by atoms with Crippen molar-refractivity contribution in [1.82, 2.24) is 15.8 Å². The van der Waals surface area contributed by atoms with Crippen molar-refractivity contribution in [3.63, 3.8) is 0 Å². The van der Waals surface area contributed by atoms with E-state index >= 15 is 0 Å². The monoisotopic (exact) mass is 349 g/mol. The number of nitrogens with zero attached hydrogens (tertiary/aromatic N) is 1. The van der Waals surface area contributed by atoms with Crippen molar-refractivity contribution in [2.24, 2.45) is 0 Å². The standard InChI is InChI=1S/C16H16ClN3O4/c1-3-24-16-11(5-4-8-18-16)14(21)19-20-15(22)12-9-10(17)6-7-13(12)23-2/h4-9H,3H2,1-2H3,(H,19,21)(H,20,22). The predicted octanol–water partition coefficient (Wildman–Crippen LogP) is 2.22. The second kappa shape index (κ2) is 8.16. The second-order valence-electron chi connectivity index (χ2n) is 4.54. The summed E-state index contributed by atoms with van der Waals surface area (Å²) in [4.78, 5) is 28.4. The van der Waals surface area contributed by atoms with Crippen LogP contribution in [0.1, 0.15) is 27.6 Å². The molecule has 0 bridgehead atoms. The van der Waals surface area contributed by atoms with Crippen LogP contribution in [-0.2, 0) is 0 Å². The Morgan fingerprint density at radius 1 is 1.17 bits per heavy atom. The molecular formula is C16H16ClN3O4. The Hall–Kier alpha value is -2.80. The van der Waals surface area contributed by atoms with E-state index in [0.29, 0.717) is 17.4 Å². The molecule has 0 aliphatic heterocycles. The molecule has 126 valence electrons. The first kappa shape index (κ1) is 17.6. The van der Waals surface area contributed by atoms with Crippen molar-refractivity contribution >= 4 is 23.4 Å². The molecule has 8 heteroatoms. The highest BCUT2D eigenvalue weighted by Crippen LogP contribution is 2.22. The van der Waals surface area contributed by atoms with Gasteiger partial charge in [-0.1, -0.05) is 11.6 Å². The fourth-order valence-corrected chi connectivity index (χ4v) is 2.09. The van der Waals surface area contributed by atoms with Gasteiger partial charge >= 0.3 is 0 Å². The van der Waals surface area contributed by atoms with E-state index in [1.165, 1.54) is 19.4 Å². The Labute approximate surface area is 143 Å². The van der Waals surface area contributed by atoms with Gasteiger partial charge in [0.2, 0.25) is 5.88 Å². The average molecular weight is 350 g/mol. The first-order valence-electron chi connectivity index (χ1n) is 7.08. The Morgan fingerprint density at radius 2 is 1.88 bits per heavy atom. The minimum atomic E-state index is -0.565. The number of hydrazine groups is 1. The van der Waals surface area contributed by atoms with Crippen LogP contribution in [0.4, 0.5) is 0 Å². The van der Waals surface area contributed by atoms with E-state index in [9.17, 15) is 9.59 Å². The topological polar surface area (TPSA) is 89.5 Å². The van der Waals surface area contributed by atoms with Crippen LogP contribution in [0.2, 0.25) is 5.02 Å².